The molecule has 3 N–H and O–H groups in total. The number of aliphatic hydroxyl groups excluding tert-OH is 1. The van der Waals surface area contributed by atoms with Gasteiger partial charge < -0.3 is 38.8 Å². The lowest BCUT2D eigenvalue weighted by atomic mass is 9.82. The Labute approximate surface area is 339 Å². The zero-order valence-corrected chi connectivity index (χ0v) is 35.3. The Morgan fingerprint density at radius 1 is 1.00 bits per heavy atom. The van der Waals surface area contributed by atoms with E-state index in [-0.39, 0.29) is 42.7 Å². The quantitative estimate of drug-likeness (QED) is 0.178. The second-order valence-electron chi connectivity index (χ2n) is 17.3. The first-order valence-electron chi connectivity index (χ1n) is 21.0. The minimum Gasteiger partial charge on any atom is -0.456 e. The molecular formula is C44H68N2O11. The van der Waals surface area contributed by atoms with E-state index in [0.717, 1.165) is 29.7 Å². The molecule has 2 saturated heterocycles. The van der Waals surface area contributed by atoms with E-state index < -0.39 is 72.0 Å². The summed E-state index contributed by atoms with van der Waals surface area (Å²) in [6, 6.07) is -1.05. The van der Waals surface area contributed by atoms with Crippen LogP contribution in [0.2, 0.25) is 0 Å². The van der Waals surface area contributed by atoms with Gasteiger partial charge in [-0.3, -0.25) is 19.9 Å². The topological polar surface area (TPSA) is 162 Å². The minimum atomic E-state index is -2.46. The number of rotatable bonds is 7. The van der Waals surface area contributed by atoms with E-state index in [0.29, 0.717) is 44.9 Å². The molecule has 13 nitrogen and oxygen atoms in total. The molecule has 4 aliphatic heterocycles. The van der Waals surface area contributed by atoms with Gasteiger partial charge in [-0.15, -0.1) is 6.58 Å². The summed E-state index contributed by atoms with van der Waals surface area (Å²) in [5.41, 5.74) is 6.04. The number of piperidine rings is 1. The van der Waals surface area contributed by atoms with Crippen LogP contribution >= 0.6 is 0 Å². The van der Waals surface area contributed by atoms with Crippen molar-refractivity contribution >= 4 is 17.7 Å². The zero-order valence-electron chi connectivity index (χ0n) is 35.3. The summed E-state index contributed by atoms with van der Waals surface area (Å²) in [6.45, 7) is 14.0. The highest BCUT2D eigenvalue weighted by Crippen LogP contribution is 2.39. The van der Waals surface area contributed by atoms with Crippen LogP contribution in [-0.4, -0.2) is 115 Å². The standard InChI is InChI=1S/C44H68N2O11/c1-10-13-31-19-25(2)18-26(3)20-37(53-8)40-38(54-9)22-28(5)44(51,56-40)41(48)42(49)46-17-12-11-14-33(46)43(50)55-39(29(6)35-24-32(31)45-57-35)27(4)21-30-15-16-34(47)36(23-30)52-7/h10,19,21,24,26,28-31,33-40,45,47,51H,1,11-18,20,22-23H2,2-9H3/t26?,28?,29?,30?,31?,33?,34?,35-,36?,37?,38?,39?,40?,44?/m0/s1. The molecule has 1 aliphatic carbocycles. The van der Waals surface area contributed by atoms with Gasteiger partial charge in [-0.1, -0.05) is 44.6 Å². The lowest BCUT2D eigenvalue weighted by Crippen LogP contribution is -2.64. The Kier molecular flexibility index (Phi) is 15.8. The van der Waals surface area contributed by atoms with Gasteiger partial charge in [0.15, 0.2) is 0 Å². The summed E-state index contributed by atoms with van der Waals surface area (Å²) in [7, 11) is 4.73. The summed E-state index contributed by atoms with van der Waals surface area (Å²) in [5, 5.41) is 22.5. The van der Waals surface area contributed by atoms with Crippen molar-refractivity contribution in [3.63, 3.8) is 0 Å². The largest absolute Gasteiger partial charge is 0.456 e. The van der Waals surface area contributed by atoms with Gasteiger partial charge in [0.1, 0.15) is 24.4 Å². The third-order valence-electron chi connectivity index (χ3n) is 13.0. The van der Waals surface area contributed by atoms with Crippen molar-refractivity contribution in [3.8, 4) is 0 Å². The monoisotopic (exact) mass is 800 g/mol. The number of hydrogen-bond acceptors (Lipinski definition) is 12. The first kappa shape index (κ1) is 45.2. The molecule has 0 aromatic rings. The average molecular weight is 801 g/mol. The highest BCUT2D eigenvalue weighted by Gasteiger charge is 2.56. The molecule has 5 rings (SSSR count). The van der Waals surface area contributed by atoms with Crippen molar-refractivity contribution in [2.75, 3.05) is 27.9 Å². The summed E-state index contributed by atoms with van der Waals surface area (Å²) in [5.74, 6) is -6.20. The second kappa shape index (κ2) is 19.9. The number of esters is 1. The number of hydroxylamine groups is 1. The van der Waals surface area contributed by atoms with Gasteiger partial charge in [0.2, 0.25) is 5.79 Å². The van der Waals surface area contributed by atoms with Crippen LogP contribution in [0.3, 0.4) is 0 Å². The van der Waals surface area contributed by atoms with Gasteiger partial charge in [-0.25, -0.2) is 4.79 Å². The number of amides is 1. The Hall–Kier alpha value is -2.91. The number of carbonyl (C=O) groups excluding carboxylic acids is 3. The Balaban J connectivity index is 1.56. The molecule has 57 heavy (non-hydrogen) atoms. The van der Waals surface area contributed by atoms with Crippen molar-refractivity contribution in [2.24, 2.45) is 29.6 Å². The van der Waals surface area contributed by atoms with E-state index in [2.05, 4.69) is 44.1 Å². The molecule has 1 saturated carbocycles. The smallest absolute Gasteiger partial charge is 0.329 e. The SMILES string of the molecule is C=CCC1C=C(C)CC(C)CC(OC)C2OC(O)(C(=O)C(=O)N3CCCCC3C(=O)OC(C(C)=CC3CCC(O)C(OC)C3)C(C)[C@@H]3C=C1NO3)C(C)CC2OC. The maximum atomic E-state index is 14.4. The van der Waals surface area contributed by atoms with Crippen molar-refractivity contribution in [2.45, 2.75) is 153 Å². The number of methoxy groups -OCH3 is 3. The van der Waals surface area contributed by atoms with Gasteiger partial charge in [-0.05, 0) is 102 Å². The van der Waals surface area contributed by atoms with Crippen LogP contribution in [0.15, 0.2) is 47.7 Å². The number of nitrogens with zero attached hydrogens (tertiary/aromatic N) is 1. The number of carbonyl (C=O) groups is 3. The molecule has 5 aliphatic rings. The lowest BCUT2D eigenvalue weighted by Gasteiger charge is -2.47. The van der Waals surface area contributed by atoms with E-state index in [1.54, 1.807) is 28.3 Å². The van der Waals surface area contributed by atoms with Crippen molar-refractivity contribution in [1.29, 1.82) is 0 Å². The number of cyclic esters (lactones) is 1. The molecule has 320 valence electrons. The number of ketones is 1. The van der Waals surface area contributed by atoms with Crippen LogP contribution in [0.5, 0.6) is 0 Å². The molecule has 1 amide bonds. The highest BCUT2D eigenvalue weighted by molar-refractivity contribution is 6.39. The summed E-state index contributed by atoms with van der Waals surface area (Å²) in [4.78, 5) is 50.4. The Morgan fingerprint density at radius 3 is 2.39 bits per heavy atom. The number of hydrogen-bond donors (Lipinski definition) is 3. The fraction of sp³-hybridized carbons (Fsp3) is 0.750. The van der Waals surface area contributed by atoms with E-state index in [9.17, 15) is 24.6 Å². The first-order chi connectivity index (χ1) is 27.1. The van der Waals surface area contributed by atoms with Crippen LogP contribution in [0.25, 0.3) is 0 Å². The Morgan fingerprint density at radius 2 is 1.70 bits per heavy atom. The fourth-order valence-electron chi connectivity index (χ4n) is 9.68. The van der Waals surface area contributed by atoms with E-state index in [1.807, 2.05) is 19.9 Å². The van der Waals surface area contributed by atoms with Crippen LogP contribution in [-0.2, 0) is 42.9 Å². The summed E-state index contributed by atoms with van der Waals surface area (Å²) < 4.78 is 30.1. The Bertz CT molecular complexity index is 1530. The molecule has 13 unspecified atom stereocenters. The third kappa shape index (κ3) is 10.3. The van der Waals surface area contributed by atoms with E-state index in [1.165, 1.54) is 4.90 Å². The number of Topliss-reactive ketones (excluding diaryl/α,β-unsaturated/α-hetero) is 1. The number of nitrogens with one attached hydrogen (secondary N) is 1. The van der Waals surface area contributed by atoms with Crippen molar-refractivity contribution in [3.05, 3.63) is 47.7 Å². The number of ether oxygens (including phenoxy) is 5. The molecule has 3 fully saturated rings. The molecular weight excluding hydrogens is 732 g/mol. The van der Waals surface area contributed by atoms with Gasteiger partial charge in [-0.2, -0.15) is 0 Å². The molecule has 14 atom stereocenters. The van der Waals surface area contributed by atoms with E-state index in [4.69, 9.17) is 28.5 Å². The summed E-state index contributed by atoms with van der Waals surface area (Å²) in [6.07, 6.45) is 9.99. The predicted molar refractivity (Wildman–Crippen MR) is 213 cm³/mol. The van der Waals surface area contributed by atoms with Crippen LogP contribution in [0.4, 0.5) is 0 Å². The van der Waals surface area contributed by atoms with Gasteiger partial charge in [0.25, 0.3) is 11.7 Å². The first-order valence-corrected chi connectivity index (χ1v) is 21.0. The zero-order chi connectivity index (χ0) is 41.6. The molecule has 0 radical (unpaired) electrons. The molecule has 0 spiro atoms. The second-order valence-corrected chi connectivity index (χ2v) is 17.3. The van der Waals surface area contributed by atoms with Gasteiger partial charge in [0, 0.05) is 51.3 Å². The van der Waals surface area contributed by atoms with Crippen LogP contribution < -0.4 is 5.48 Å². The van der Waals surface area contributed by atoms with Gasteiger partial charge >= 0.3 is 5.97 Å². The molecule has 0 aromatic carbocycles. The fourth-order valence-corrected chi connectivity index (χ4v) is 9.68. The predicted octanol–water partition coefficient (Wildman–Crippen LogP) is 5.11. The molecule has 4 bridgehead atoms. The van der Waals surface area contributed by atoms with Crippen LogP contribution in [0, 0.1) is 29.6 Å². The number of fused-ring (bicyclic) bond motifs is 4. The van der Waals surface area contributed by atoms with Crippen molar-refractivity contribution in [1.82, 2.24) is 10.4 Å². The number of aliphatic hydroxyl groups is 2. The number of allylic oxidation sites excluding steroid dienone is 4. The maximum Gasteiger partial charge on any atom is 0.329 e. The minimum absolute atomic E-state index is 0.0413. The van der Waals surface area contributed by atoms with Crippen LogP contribution in [0.1, 0.15) is 98.8 Å². The molecule has 0 aromatic heterocycles. The van der Waals surface area contributed by atoms with Gasteiger partial charge in [0.05, 0.1) is 24.4 Å². The third-order valence-corrected chi connectivity index (χ3v) is 13.0. The lowest BCUT2D eigenvalue weighted by molar-refractivity contribution is -0.302. The average Bonchev–Trinajstić information content (AvgIpc) is 3.69. The maximum absolute atomic E-state index is 14.4. The summed E-state index contributed by atoms with van der Waals surface area (Å²) >= 11 is 0. The van der Waals surface area contributed by atoms with Crippen molar-refractivity contribution < 1.29 is 53.1 Å². The van der Waals surface area contributed by atoms with E-state index >= 15 is 0 Å². The molecule has 13 heteroatoms. The highest BCUT2D eigenvalue weighted by atomic mass is 16.7. The normalized spacial score (nSPS) is 40.5. The molecule has 4 heterocycles.